The molecule has 1 fully saturated rings. The first-order valence-corrected chi connectivity index (χ1v) is 11.6. The summed E-state index contributed by atoms with van der Waals surface area (Å²) in [6, 6.07) is 6.47. The molecule has 7 nitrogen and oxygen atoms in total. The standard InChI is InChI=1S/C24H30ClN3O4/c1-3-20(22(30)26-4-2)28(15-16-9-11-17(25)12-10-16)21(29)13-14-27-23(31)18-7-5-6-8-19(18)24(27)32/h5-6,9-12,18-20H,3-4,7-8,13-15H2,1-2H3,(H,26,30)/t18-,19+,20-/m1/s1. The molecule has 8 heteroatoms. The van der Waals surface area contributed by atoms with Crippen molar-refractivity contribution in [3.63, 3.8) is 0 Å². The molecule has 1 N–H and O–H groups in total. The summed E-state index contributed by atoms with van der Waals surface area (Å²) in [5.74, 6) is -1.51. The van der Waals surface area contributed by atoms with Crippen LogP contribution < -0.4 is 5.32 Å². The highest BCUT2D eigenvalue weighted by atomic mass is 35.5. The van der Waals surface area contributed by atoms with Crippen molar-refractivity contribution in [1.82, 2.24) is 15.1 Å². The fourth-order valence-corrected chi connectivity index (χ4v) is 4.56. The molecular weight excluding hydrogens is 430 g/mol. The van der Waals surface area contributed by atoms with Gasteiger partial charge in [-0.15, -0.1) is 0 Å². The topological polar surface area (TPSA) is 86.8 Å². The van der Waals surface area contributed by atoms with E-state index < -0.39 is 6.04 Å². The van der Waals surface area contributed by atoms with Crippen molar-refractivity contribution in [2.24, 2.45) is 11.8 Å². The number of hydrogen-bond donors (Lipinski definition) is 1. The first kappa shape index (κ1) is 24.0. The second-order valence-electron chi connectivity index (χ2n) is 8.20. The first-order chi connectivity index (χ1) is 15.4. The molecule has 172 valence electrons. The average molecular weight is 460 g/mol. The van der Waals surface area contributed by atoms with Crippen molar-refractivity contribution in [3.8, 4) is 0 Å². The van der Waals surface area contributed by atoms with Crippen LogP contribution in [0.25, 0.3) is 0 Å². The summed E-state index contributed by atoms with van der Waals surface area (Å²) in [5, 5.41) is 3.38. The minimum atomic E-state index is -0.644. The van der Waals surface area contributed by atoms with E-state index in [1.54, 1.807) is 12.1 Å². The Hall–Kier alpha value is -2.67. The van der Waals surface area contributed by atoms with Gasteiger partial charge in [0, 0.05) is 31.1 Å². The van der Waals surface area contributed by atoms with E-state index in [2.05, 4.69) is 5.32 Å². The molecule has 1 saturated heterocycles. The van der Waals surface area contributed by atoms with Gasteiger partial charge in [0.25, 0.3) is 0 Å². The summed E-state index contributed by atoms with van der Waals surface area (Å²) >= 11 is 5.98. The lowest BCUT2D eigenvalue weighted by Gasteiger charge is -2.31. The van der Waals surface area contributed by atoms with E-state index in [-0.39, 0.29) is 55.0 Å². The molecule has 0 spiro atoms. The number of carbonyl (C=O) groups excluding carboxylic acids is 4. The number of likely N-dealkylation sites (N-methyl/N-ethyl adjacent to an activating group) is 1. The molecule has 0 bridgehead atoms. The summed E-state index contributed by atoms with van der Waals surface area (Å²) < 4.78 is 0. The van der Waals surface area contributed by atoms with E-state index in [9.17, 15) is 19.2 Å². The molecule has 1 aromatic carbocycles. The van der Waals surface area contributed by atoms with Crippen molar-refractivity contribution in [1.29, 1.82) is 0 Å². The molecule has 1 aromatic rings. The Morgan fingerprint density at radius 1 is 1.09 bits per heavy atom. The Morgan fingerprint density at radius 3 is 2.22 bits per heavy atom. The van der Waals surface area contributed by atoms with Gasteiger partial charge in [0.2, 0.25) is 23.6 Å². The van der Waals surface area contributed by atoms with Crippen LogP contribution in [0.2, 0.25) is 5.02 Å². The Balaban J connectivity index is 1.74. The number of rotatable bonds is 9. The van der Waals surface area contributed by atoms with Crippen molar-refractivity contribution >= 4 is 35.2 Å². The van der Waals surface area contributed by atoms with E-state index in [1.807, 2.05) is 38.1 Å². The predicted molar refractivity (Wildman–Crippen MR) is 121 cm³/mol. The van der Waals surface area contributed by atoms with Gasteiger partial charge < -0.3 is 10.2 Å². The maximum atomic E-state index is 13.3. The lowest BCUT2D eigenvalue weighted by Crippen LogP contribution is -2.49. The van der Waals surface area contributed by atoms with Gasteiger partial charge in [0.15, 0.2) is 0 Å². The van der Waals surface area contributed by atoms with Crippen LogP contribution in [0.15, 0.2) is 36.4 Å². The monoisotopic (exact) mass is 459 g/mol. The minimum absolute atomic E-state index is 0.0200. The number of halogens is 1. The lowest BCUT2D eigenvalue weighted by molar-refractivity contribution is -0.144. The van der Waals surface area contributed by atoms with Crippen LogP contribution in [-0.2, 0) is 25.7 Å². The van der Waals surface area contributed by atoms with Gasteiger partial charge in [-0.3, -0.25) is 24.1 Å². The quantitative estimate of drug-likeness (QED) is 0.454. The molecule has 1 aliphatic heterocycles. The van der Waals surface area contributed by atoms with Crippen LogP contribution in [0.4, 0.5) is 0 Å². The Bertz CT molecular complexity index is 873. The number of fused-ring (bicyclic) bond motifs is 1. The zero-order valence-electron chi connectivity index (χ0n) is 18.6. The van der Waals surface area contributed by atoms with E-state index in [0.717, 1.165) is 5.56 Å². The molecule has 0 aromatic heterocycles. The second kappa shape index (κ2) is 10.8. The lowest BCUT2D eigenvalue weighted by atomic mass is 9.85. The summed E-state index contributed by atoms with van der Waals surface area (Å²) in [6.07, 6.45) is 5.44. The average Bonchev–Trinajstić information content (AvgIpc) is 3.03. The number of likely N-dealkylation sites (tertiary alicyclic amines) is 1. The van der Waals surface area contributed by atoms with Gasteiger partial charge in [0.1, 0.15) is 6.04 Å². The number of amides is 4. The third kappa shape index (κ3) is 5.21. The summed E-state index contributed by atoms with van der Waals surface area (Å²) in [6.45, 7) is 4.42. The van der Waals surface area contributed by atoms with Crippen LogP contribution in [0.5, 0.6) is 0 Å². The van der Waals surface area contributed by atoms with E-state index in [4.69, 9.17) is 11.6 Å². The summed E-state index contributed by atoms with van der Waals surface area (Å²) in [5.41, 5.74) is 0.843. The molecule has 2 aliphatic rings. The largest absolute Gasteiger partial charge is 0.355 e. The molecule has 0 radical (unpaired) electrons. The van der Waals surface area contributed by atoms with Crippen molar-refractivity contribution < 1.29 is 19.2 Å². The zero-order valence-corrected chi connectivity index (χ0v) is 19.3. The molecule has 0 unspecified atom stereocenters. The highest BCUT2D eigenvalue weighted by molar-refractivity contribution is 6.30. The maximum absolute atomic E-state index is 13.3. The fraction of sp³-hybridized carbons (Fsp3) is 0.500. The van der Waals surface area contributed by atoms with Crippen LogP contribution in [0.1, 0.15) is 45.1 Å². The minimum Gasteiger partial charge on any atom is -0.355 e. The first-order valence-electron chi connectivity index (χ1n) is 11.2. The van der Waals surface area contributed by atoms with Crippen LogP contribution >= 0.6 is 11.6 Å². The number of carbonyl (C=O) groups is 4. The zero-order chi connectivity index (χ0) is 23.3. The van der Waals surface area contributed by atoms with E-state index in [0.29, 0.717) is 30.8 Å². The fourth-order valence-electron chi connectivity index (χ4n) is 4.44. The number of nitrogens with zero attached hydrogens (tertiary/aromatic N) is 2. The van der Waals surface area contributed by atoms with E-state index >= 15 is 0 Å². The molecule has 32 heavy (non-hydrogen) atoms. The smallest absolute Gasteiger partial charge is 0.242 e. The van der Waals surface area contributed by atoms with Crippen LogP contribution in [0.3, 0.4) is 0 Å². The number of nitrogens with one attached hydrogen (secondary N) is 1. The second-order valence-corrected chi connectivity index (χ2v) is 8.64. The van der Waals surface area contributed by atoms with Crippen molar-refractivity contribution in [3.05, 3.63) is 47.0 Å². The molecular formula is C24H30ClN3O4. The number of allylic oxidation sites excluding steroid dienone is 2. The van der Waals surface area contributed by atoms with Crippen molar-refractivity contribution in [2.75, 3.05) is 13.1 Å². The van der Waals surface area contributed by atoms with Gasteiger partial charge in [-0.1, -0.05) is 42.8 Å². The van der Waals surface area contributed by atoms with Crippen LogP contribution in [-0.4, -0.2) is 52.6 Å². The number of imide groups is 1. The Labute approximate surface area is 193 Å². The van der Waals surface area contributed by atoms with Crippen LogP contribution in [0, 0.1) is 11.8 Å². The van der Waals surface area contributed by atoms with E-state index in [1.165, 1.54) is 9.80 Å². The van der Waals surface area contributed by atoms with Gasteiger partial charge in [-0.05, 0) is 43.9 Å². The maximum Gasteiger partial charge on any atom is 0.242 e. The molecule has 1 heterocycles. The molecule has 4 amide bonds. The Morgan fingerprint density at radius 2 is 1.69 bits per heavy atom. The van der Waals surface area contributed by atoms with Gasteiger partial charge in [0.05, 0.1) is 11.8 Å². The summed E-state index contributed by atoms with van der Waals surface area (Å²) in [7, 11) is 0. The third-order valence-corrected chi connectivity index (χ3v) is 6.40. The molecule has 0 saturated carbocycles. The van der Waals surface area contributed by atoms with Crippen molar-refractivity contribution in [2.45, 2.75) is 52.1 Å². The number of benzene rings is 1. The summed E-state index contributed by atoms with van der Waals surface area (Å²) in [4.78, 5) is 54.1. The van der Waals surface area contributed by atoms with Gasteiger partial charge >= 0.3 is 0 Å². The predicted octanol–water partition coefficient (Wildman–Crippen LogP) is 2.92. The number of hydrogen-bond acceptors (Lipinski definition) is 4. The normalized spacial score (nSPS) is 20.8. The third-order valence-electron chi connectivity index (χ3n) is 6.15. The highest BCUT2D eigenvalue weighted by Gasteiger charge is 2.47. The SMILES string of the molecule is CCNC(=O)[C@@H](CC)N(Cc1ccc(Cl)cc1)C(=O)CCN1C(=O)[C@H]2CC=CC[C@H]2C1=O. The molecule has 3 atom stereocenters. The molecule has 3 rings (SSSR count). The Kier molecular flexibility index (Phi) is 8.07. The van der Waals surface area contributed by atoms with Gasteiger partial charge in [-0.25, -0.2) is 0 Å². The molecule has 1 aliphatic carbocycles. The van der Waals surface area contributed by atoms with Gasteiger partial charge in [-0.2, -0.15) is 0 Å². The highest BCUT2D eigenvalue weighted by Crippen LogP contribution is 2.35.